The van der Waals surface area contributed by atoms with Crippen LogP contribution in [0.1, 0.15) is 49.9 Å². The number of fused-ring (bicyclic) bond motifs is 9. The highest BCUT2D eigenvalue weighted by molar-refractivity contribution is 6.11. The highest BCUT2D eigenvalue weighted by Gasteiger charge is 2.38. The Bertz CT molecular complexity index is 3810. The van der Waals surface area contributed by atoms with Gasteiger partial charge < -0.3 is 9.47 Å². The van der Waals surface area contributed by atoms with Gasteiger partial charge >= 0.3 is 0 Å². The van der Waals surface area contributed by atoms with E-state index in [9.17, 15) is 0 Å². The van der Waals surface area contributed by atoms with Crippen molar-refractivity contribution in [3.8, 4) is 61.3 Å². The van der Waals surface area contributed by atoms with Gasteiger partial charge in [-0.05, 0) is 121 Å². The van der Waals surface area contributed by atoms with Crippen molar-refractivity contribution in [3.63, 3.8) is 0 Å². The summed E-state index contributed by atoms with van der Waals surface area (Å²) in [6.45, 7) is 9.47. The molecule has 68 heavy (non-hydrogen) atoms. The normalized spacial score (nSPS) is 13.8. The largest absolute Gasteiger partial charge is 0.309 e. The molecule has 0 bridgehead atoms. The molecule has 0 aliphatic heterocycles. The minimum absolute atomic E-state index is 0.0973. The van der Waals surface area contributed by atoms with Crippen molar-refractivity contribution in [2.45, 2.75) is 38.5 Å². The molecule has 10 aromatic carbocycles. The quantitative estimate of drug-likeness (QED) is 0.155. The summed E-state index contributed by atoms with van der Waals surface area (Å²) in [6.07, 6.45) is 0. The van der Waals surface area contributed by atoms with Gasteiger partial charge in [0.25, 0.3) is 0 Å². The van der Waals surface area contributed by atoms with Crippen molar-refractivity contribution < 1.29 is 0 Å². The summed E-state index contributed by atoms with van der Waals surface area (Å²) in [4.78, 5) is 2.52. The maximum Gasteiger partial charge on any atom is 0.0547 e. The third kappa shape index (κ3) is 5.97. The van der Waals surface area contributed by atoms with Crippen molar-refractivity contribution >= 4 is 38.9 Å². The summed E-state index contributed by atoms with van der Waals surface area (Å²) < 4.78 is 2.42. The van der Waals surface area contributed by atoms with Crippen LogP contribution >= 0.6 is 0 Å². The molecule has 0 unspecified atom stereocenters. The SMILES string of the molecule is CC1(C)c2ccccc2-c2ccc(-c3cccc(N(c4ccccc4-c4ccc5c6ccccc6n(-c6ccccc6)c5c4)c4ccccc4-c4cccc5c4-c4ccccc4C5(C)C)c3)cc21. The van der Waals surface area contributed by atoms with Crippen LogP contribution in [0.3, 0.4) is 0 Å². The second kappa shape index (κ2) is 15.2. The molecule has 2 aliphatic carbocycles. The first-order valence-electron chi connectivity index (χ1n) is 23.9. The molecule has 13 rings (SSSR count). The van der Waals surface area contributed by atoms with Crippen molar-refractivity contribution in [2.75, 3.05) is 4.90 Å². The third-order valence-electron chi connectivity index (χ3n) is 15.2. The van der Waals surface area contributed by atoms with Gasteiger partial charge in [-0.15, -0.1) is 0 Å². The predicted molar refractivity (Wildman–Crippen MR) is 287 cm³/mol. The first kappa shape index (κ1) is 40.1. The molecule has 0 N–H and O–H groups in total. The summed E-state index contributed by atoms with van der Waals surface area (Å²) in [5.74, 6) is 0. The van der Waals surface area contributed by atoms with E-state index in [0.717, 1.165) is 33.9 Å². The monoisotopic (exact) mass is 870 g/mol. The van der Waals surface area contributed by atoms with E-state index in [2.05, 4.69) is 268 Å². The standard InChI is InChI=1S/C66H50N2/c1-65(2)57-31-14-9-28-55(57)64-54(29-19-32-58(64)65)52-27-12-17-35-62(52)68(47-23-18-20-43(40-47)44-36-38-50-49-25-8-13-30-56(49)66(3,4)59(50)41-44)60-33-15-10-24-48(60)45-37-39-53-51-26-11-16-34-61(51)67(63(53)42-45)46-21-6-5-7-22-46/h5-42H,1-4H3. The van der Waals surface area contributed by atoms with Gasteiger partial charge in [0.15, 0.2) is 0 Å². The molecule has 0 spiro atoms. The lowest BCUT2D eigenvalue weighted by Gasteiger charge is -2.31. The number of hydrogen-bond donors (Lipinski definition) is 0. The summed E-state index contributed by atoms with van der Waals surface area (Å²) in [7, 11) is 0. The Hall–Kier alpha value is -8.20. The molecule has 0 radical (unpaired) electrons. The fourth-order valence-electron chi connectivity index (χ4n) is 11.9. The average molecular weight is 871 g/mol. The van der Waals surface area contributed by atoms with Crippen LogP contribution in [0.2, 0.25) is 0 Å². The summed E-state index contributed by atoms with van der Waals surface area (Å²) in [6, 6.07) is 85.7. The summed E-state index contributed by atoms with van der Waals surface area (Å²) in [5, 5.41) is 2.49. The molecule has 1 heterocycles. The van der Waals surface area contributed by atoms with Crippen LogP contribution < -0.4 is 4.90 Å². The molecule has 324 valence electrons. The second-order valence-corrected chi connectivity index (χ2v) is 19.7. The van der Waals surface area contributed by atoms with Crippen molar-refractivity contribution in [1.29, 1.82) is 0 Å². The molecule has 2 nitrogen and oxygen atoms in total. The Labute approximate surface area is 399 Å². The van der Waals surface area contributed by atoms with Gasteiger partial charge in [-0.3, -0.25) is 0 Å². The smallest absolute Gasteiger partial charge is 0.0547 e. The van der Waals surface area contributed by atoms with E-state index in [-0.39, 0.29) is 10.8 Å². The van der Waals surface area contributed by atoms with E-state index < -0.39 is 0 Å². The molecule has 11 aromatic rings. The number of rotatable bonds is 7. The van der Waals surface area contributed by atoms with E-state index in [0.29, 0.717) is 0 Å². The van der Waals surface area contributed by atoms with Gasteiger partial charge in [0, 0.05) is 44.1 Å². The molecular weight excluding hydrogens is 821 g/mol. The van der Waals surface area contributed by atoms with Gasteiger partial charge in [0.05, 0.1) is 22.4 Å². The minimum Gasteiger partial charge on any atom is -0.309 e. The zero-order valence-electron chi connectivity index (χ0n) is 38.8. The van der Waals surface area contributed by atoms with Crippen LogP contribution in [0, 0.1) is 0 Å². The zero-order chi connectivity index (χ0) is 45.7. The Morgan fingerprint density at radius 1 is 0.324 bits per heavy atom. The molecule has 2 aliphatic rings. The molecule has 0 saturated heterocycles. The number of benzene rings is 10. The lowest BCUT2D eigenvalue weighted by molar-refractivity contribution is 0.660. The summed E-state index contributed by atoms with van der Waals surface area (Å²) >= 11 is 0. The Balaban J connectivity index is 1.04. The first-order valence-corrected chi connectivity index (χ1v) is 23.9. The highest BCUT2D eigenvalue weighted by atomic mass is 15.1. The maximum absolute atomic E-state index is 2.52. The molecule has 0 amide bonds. The molecule has 0 fully saturated rings. The molecule has 2 heteroatoms. The number of nitrogens with zero attached hydrogens (tertiary/aromatic N) is 2. The minimum atomic E-state index is -0.121. The second-order valence-electron chi connectivity index (χ2n) is 19.7. The van der Waals surface area contributed by atoms with E-state index in [1.807, 2.05) is 0 Å². The van der Waals surface area contributed by atoms with Gasteiger partial charge in [0.2, 0.25) is 0 Å². The van der Waals surface area contributed by atoms with Gasteiger partial charge in [-0.25, -0.2) is 0 Å². The Morgan fingerprint density at radius 2 is 0.868 bits per heavy atom. The van der Waals surface area contributed by atoms with E-state index in [1.165, 1.54) is 88.6 Å². The van der Waals surface area contributed by atoms with Crippen LogP contribution in [0.15, 0.2) is 231 Å². The number of aromatic nitrogens is 1. The summed E-state index contributed by atoms with van der Waals surface area (Å²) in [5.41, 5.74) is 24.6. The number of hydrogen-bond acceptors (Lipinski definition) is 1. The van der Waals surface area contributed by atoms with Crippen LogP contribution in [0.5, 0.6) is 0 Å². The van der Waals surface area contributed by atoms with Crippen molar-refractivity contribution in [3.05, 3.63) is 253 Å². The third-order valence-corrected chi connectivity index (χ3v) is 15.2. The lowest BCUT2D eigenvalue weighted by atomic mass is 9.81. The van der Waals surface area contributed by atoms with Gasteiger partial charge in [0.1, 0.15) is 0 Å². The van der Waals surface area contributed by atoms with Crippen LogP contribution in [-0.2, 0) is 10.8 Å². The van der Waals surface area contributed by atoms with E-state index in [1.54, 1.807) is 0 Å². The topological polar surface area (TPSA) is 8.17 Å². The predicted octanol–water partition coefficient (Wildman–Crippen LogP) is 17.9. The van der Waals surface area contributed by atoms with Gasteiger partial charge in [-0.2, -0.15) is 0 Å². The van der Waals surface area contributed by atoms with Crippen molar-refractivity contribution in [1.82, 2.24) is 4.57 Å². The Kier molecular flexibility index (Phi) is 8.95. The molecular formula is C66H50N2. The maximum atomic E-state index is 2.52. The fourth-order valence-corrected chi connectivity index (χ4v) is 11.9. The Morgan fingerprint density at radius 3 is 1.68 bits per heavy atom. The molecule has 0 saturated carbocycles. The lowest BCUT2D eigenvalue weighted by Crippen LogP contribution is -2.15. The molecule has 0 atom stereocenters. The highest BCUT2D eigenvalue weighted by Crippen LogP contribution is 2.55. The number of anilines is 3. The first-order chi connectivity index (χ1) is 33.3. The van der Waals surface area contributed by atoms with Gasteiger partial charge in [-0.1, -0.05) is 204 Å². The number of para-hydroxylation sites is 4. The van der Waals surface area contributed by atoms with E-state index >= 15 is 0 Å². The van der Waals surface area contributed by atoms with Crippen LogP contribution in [-0.4, -0.2) is 4.57 Å². The molecule has 1 aromatic heterocycles. The zero-order valence-corrected chi connectivity index (χ0v) is 38.8. The van der Waals surface area contributed by atoms with Crippen molar-refractivity contribution in [2.24, 2.45) is 0 Å². The van der Waals surface area contributed by atoms with Crippen LogP contribution in [0.4, 0.5) is 17.1 Å². The van der Waals surface area contributed by atoms with Crippen LogP contribution in [0.25, 0.3) is 83.1 Å². The van der Waals surface area contributed by atoms with E-state index in [4.69, 9.17) is 0 Å². The average Bonchev–Trinajstić information content (AvgIpc) is 3.93. The fraction of sp³-hybridized carbons (Fsp3) is 0.0909.